The number of nitrogens with zero attached hydrogens (tertiary/aromatic N) is 1. The van der Waals surface area contributed by atoms with Crippen LogP contribution < -0.4 is 15.2 Å². The SMILES string of the molecule is COc1ccc(-c2cn3ccccc3c2CN)cc1OC. The predicted octanol–water partition coefficient (Wildman–Crippen LogP) is 3.08. The van der Waals surface area contributed by atoms with E-state index < -0.39 is 0 Å². The minimum Gasteiger partial charge on any atom is -0.493 e. The number of benzene rings is 1. The molecular formula is C17H18N2O2. The van der Waals surface area contributed by atoms with E-state index in [1.54, 1.807) is 14.2 Å². The van der Waals surface area contributed by atoms with E-state index in [-0.39, 0.29) is 0 Å². The van der Waals surface area contributed by atoms with E-state index in [4.69, 9.17) is 15.2 Å². The second-order valence-electron chi connectivity index (χ2n) is 4.79. The number of pyridine rings is 1. The molecule has 0 unspecified atom stereocenters. The van der Waals surface area contributed by atoms with Gasteiger partial charge in [0.25, 0.3) is 0 Å². The number of methoxy groups -OCH3 is 2. The number of hydrogen-bond donors (Lipinski definition) is 1. The van der Waals surface area contributed by atoms with E-state index in [0.29, 0.717) is 12.3 Å². The zero-order valence-corrected chi connectivity index (χ0v) is 12.2. The molecule has 2 aromatic heterocycles. The average Bonchev–Trinajstić information content (AvgIpc) is 2.92. The van der Waals surface area contributed by atoms with Crippen LogP contribution in [0.2, 0.25) is 0 Å². The first-order valence-corrected chi connectivity index (χ1v) is 6.79. The van der Waals surface area contributed by atoms with Crippen molar-refractivity contribution in [3.8, 4) is 22.6 Å². The largest absolute Gasteiger partial charge is 0.493 e. The fraction of sp³-hybridized carbons (Fsp3) is 0.176. The quantitative estimate of drug-likeness (QED) is 0.800. The van der Waals surface area contributed by atoms with Crippen molar-refractivity contribution in [1.29, 1.82) is 0 Å². The zero-order chi connectivity index (χ0) is 14.8. The molecule has 0 atom stereocenters. The Bertz CT molecular complexity index is 778. The lowest BCUT2D eigenvalue weighted by atomic mass is 10.0. The van der Waals surface area contributed by atoms with E-state index in [2.05, 4.69) is 16.7 Å². The molecule has 1 aromatic carbocycles. The first-order valence-electron chi connectivity index (χ1n) is 6.79. The molecule has 0 saturated heterocycles. The van der Waals surface area contributed by atoms with Gasteiger partial charge >= 0.3 is 0 Å². The third kappa shape index (κ3) is 2.23. The fourth-order valence-electron chi connectivity index (χ4n) is 2.65. The Labute approximate surface area is 123 Å². The molecule has 108 valence electrons. The van der Waals surface area contributed by atoms with Crippen molar-refractivity contribution in [2.75, 3.05) is 14.2 Å². The fourth-order valence-corrected chi connectivity index (χ4v) is 2.65. The molecule has 4 nitrogen and oxygen atoms in total. The van der Waals surface area contributed by atoms with Crippen LogP contribution in [0.5, 0.6) is 11.5 Å². The highest BCUT2D eigenvalue weighted by Gasteiger charge is 2.13. The van der Waals surface area contributed by atoms with Crippen molar-refractivity contribution in [3.63, 3.8) is 0 Å². The van der Waals surface area contributed by atoms with Crippen LogP contribution in [0.15, 0.2) is 48.8 Å². The molecule has 0 saturated carbocycles. The van der Waals surface area contributed by atoms with Crippen molar-refractivity contribution in [3.05, 3.63) is 54.4 Å². The Morgan fingerprint density at radius 2 is 1.86 bits per heavy atom. The lowest BCUT2D eigenvalue weighted by molar-refractivity contribution is 0.355. The van der Waals surface area contributed by atoms with Crippen molar-refractivity contribution in [2.45, 2.75) is 6.54 Å². The summed E-state index contributed by atoms with van der Waals surface area (Å²) in [6.45, 7) is 0.490. The summed E-state index contributed by atoms with van der Waals surface area (Å²) in [6.07, 6.45) is 4.12. The van der Waals surface area contributed by atoms with Crippen LogP contribution in [-0.2, 0) is 6.54 Å². The Balaban J connectivity index is 2.20. The summed E-state index contributed by atoms with van der Waals surface area (Å²) in [5.41, 5.74) is 10.4. The number of nitrogens with two attached hydrogens (primary N) is 1. The summed E-state index contributed by atoms with van der Waals surface area (Å²) < 4.78 is 12.8. The first kappa shape index (κ1) is 13.5. The van der Waals surface area contributed by atoms with Gasteiger partial charge in [0.15, 0.2) is 11.5 Å². The third-order valence-electron chi connectivity index (χ3n) is 3.69. The van der Waals surface area contributed by atoms with Crippen LogP contribution in [0.25, 0.3) is 16.6 Å². The summed E-state index contributed by atoms with van der Waals surface area (Å²) in [6, 6.07) is 12.0. The topological polar surface area (TPSA) is 48.9 Å². The highest BCUT2D eigenvalue weighted by Crippen LogP contribution is 2.35. The van der Waals surface area contributed by atoms with Gasteiger partial charge in [0, 0.05) is 24.5 Å². The van der Waals surface area contributed by atoms with E-state index in [0.717, 1.165) is 28.0 Å². The normalized spacial score (nSPS) is 10.8. The summed E-state index contributed by atoms with van der Waals surface area (Å²) in [5, 5.41) is 0. The molecule has 0 bridgehead atoms. The van der Waals surface area contributed by atoms with Gasteiger partial charge in [0.1, 0.15) is 0 Å². The van der Waals surface area contributed by atoms with E-state index >= 15 is 0 Å². The average molecular weight is 282 g/mol. The molecule has 4 heteroatoms. The van der Waals surface area contributed by atoms with Gasteiger partial charge in [-0.3, -0.25) is 0 Å². The maximum absolute atomic E-state index is 5.96. The molecule has 0 fully saturated rings. The Morgan fingerprint density at radius 3 is 2.57 bits per heavy atom. The van der Waals surface area contributed by atoms with Crippen LogP contribution in [0.1, 0.15) is 5.56 Å². The Kier molecular flexibility index (Phi) is 3.54. The minimum absolute atomic E-state index is 0.490. The third-order valence-corrected chi connectivity index (χ3v) is 3.69. The number of aromatic nitrogens is 1. The lowest BCUT2D eigenvalue weighted by Gasteiger charge is -2.09. The lowest BCUT2D eigenvalue weighted by Crippen LogP contribution is -1.97. The van der Waals surface area contributed by atoms with Crippen LogP contribution >= 0.6 is 0 Å². The van der Waals surface area contributed by atoms with Gasteiger partial charge in [0.05, 0.1) is 19.7 Å². The molecule has 3 rings (SSSR count). The molecule has 0 radical (unpaired) electrons. The molecule has 2 heterocycles. The van der Waals surface area contributed by atoms with Gasteiger partial charge in [-0.15, -0.1) is 0 Å². The summed E-state index contributed by atoms with van der Waals surface area (Å²) >= 11 is 0. The smallest absolute Gasteiger partial charge is 0.161 e. The van der Waals surface area contributed by atoms with Gasteiger partial charge in [-0.05, 0) is 35.4 Å². The molecule has 0 spiro atoms. The van der Waals surface area contributed by atoms with E-state index in [1.165, 1.54) is 0 Å². The van der Waals surface area contributed by atoms with Crippen LogP contribution in [-0.4, -0.2) is 18.6 Å². The maximum Gasteiger partial charge on any atom is 0.161 e. The molecule has 0 amide bonds. The standard InChI is InChI=1S/C17H18N2O2/c1-20-16-7-6-12(9-17(16)21-2)14-11-19-8-4-3-5-15(19)13(14)10-18/h3-9,11H,10,18H2,1-2H3. The number of hydrogen-bond acceptors (Lipinski definition) is 3. The Morgan fingerprint density at radius 1 is 1.05 bits per heavy atom. The number of fused-ring (bicyclic) bond motifs is 1. The number of rotatable bonds is 4. The highest BCUT2D eigenvalue weighted by molar-refractivity contribution is 5.78. The molecule has 0 aliphatic heterocycles. The summed E-state index contributed by atoms with van der Waals surface area (Å²) in [5.74, 6) is 1.44. The van der Waals surface area contributed by atoms with Crippen molar-refractivity contribution in [1.82, 2.24) is 4.40 Å². The van der Waals surface area contributed by atoms with Crippen LogP contribution in [0, 0.1) is 0 Å². The molecule has 0 aliphatic rings. The maximum atomic E-state index is 5.96. The van der Waals surface area contributed by atoms with E-state index in [9.17, 15) is 0 Å². The molecule has 0 aliphatic carbocycles. The minimum atomic E-state index is 0.490. The van der Waals surface area contributed by atoms with Crippen molar-refractivity contribution >= 4 is 5.52 Å². The monoisotopic (exact) mass is 282 g/mol. The first-order chi connectivity index (χ1) is 10.3. The molecule has 3 aromatic rings. The second kappa shape index (κ2) is 5.50. The van der Waals surface area contributed by atoms with Gasteiger partial charge in [-0.1, -0.05) is 12.1 Å². The van der Waals surface area contributed by atoms with Crippen LogP contribution in [0.4, 0.5) is 0 Å². The van der Waals surface area contributed by atoms with Gasteiger partial charge in [-0.2, -0.15) is 0 Å². The molecule has 21 heavy (non-hydrogen) atoms. The highest BCUT2D eigenvalue weighted by atomic mass is 16.5. The van der Waals surface area contributed by atoms with Crippen molar-refractivity contribution < 1.29 is 9.47 Å². The predicted molar refractivity (Wildman–Crippen MR) is 83.8 cm³/mol. The van der Waals surface area contributed by atoms with Gasteiger partial charge in [0.2, 0.25) is 0 Å². The Hall–Kier alpha value is -2.46. The van der Waals surface area contributed by atoms with Crippen LogP contribution in [0.3, 0.4) is 0 Å². The van der Waals surface area contributed by atoms with Gasteiger partial charge in [-0.25, -0.2) is 0 Å². The summed E-state index contributed by atoms with van der Waals surface area (Å²) in [7, 11) is 3.28. The second-order valence-corrected chi connectivity index (χ2v) is 4.79. The molecule has 2 N–H and O–H groups in total. The zero-order valence-electron chi connectivity index (χ0n) is 12.2. The molecular weight excluding hydrogens is 264 g/mol. The van der Waals surface area contributed by atoms with Crippen molar-refractivity contribution in [2.24, 2.45) is 5.73 Å². The van der Waals surface area contributed by atoms with E-state index in [1.807, 2.05) is 36.5 Å². The summed E-state index contributed by atoms with van der Waals surface area (Å²) in [4.78, 5) is 0. The number of ether oxygens (including phenoxy) is 2. The van der Waals surface area contributed by atoms with Gasteiger partial charge < -0.3 is 19.6 Å².